The summed E-state index contributed by atoms with van der Waals surface area (Å²) in [5.74, 6) is -1.60. The van der Waals surface area contributed by atoms with Crippen LogP contribution in [0.5, 0.6) is 5.75 Å². The van der Waals surface area contributed by atoms with E-state index in [0.29, 0.717) is 5.56 Å². The molecule has 0 radical (unpaired) electrons. The molecular weight excluding hydrogens is 429 g/mol. The van der Waals surface area contributed by atoms with Crippen LogP contribution in [-0.4, -0.2) is 51.3 Å². The summed E-state index contributed by atoms with van der Waals surface area (Å²) in [7, 11) is 0. The van der Waals surface area contributed by atoms with Gasteiger partial charge in [-0.25, -0.2) is 4.79 Å². The van der Waals surface area contributed by atoms with Gasteiger partial charge in [0.1, 0.15) is 5.75 Å². The van der Waals surface area contributed by atoms with Crippen LogP contribution < -0.4 is 4.74 Å². The minimum Gasteiger partial charge on any atom is -0.465 e. The summed E-state index contributed by atoms with van der Waals surface area (Å²) in [6, 6.07) is 9.89. The van der Waals surface area contributed by atoms with E-state index in [2.05, 4.69) is 4.74 Å². The maximum Gasteiger partial charge on any atom is 0.573 e. The normalized spacial score (nSPS) is 14.9. The monoisotopic (exact) mass is 450 g/mol. The lowest BCUT2D eigenvalue weighted by molar-refractivity contribution is -0.274. The van der Waals surface area contributed by atoms with E-state index in [1.165, 1.54) is 24.3 Å². The Morgan fingerprint density at radius 1 is 1.00 bits per heavy atom. The van der Waals surface area contributed by atoms with E-state index in [1.54, 1.807) is 32.9 Å². The molecule has 0 saturated heterocycles. The molecule has 1 atom stereocenters. The Labute approximate surface area is 182 Å². The fourth-order valence-electron chi connectivity index (χ4n) is 3.69. The molecule has 0 spiro atoms. The number of imide groups is 1. The number of carbonyl (C=O) groups is 3. The zero-order valence-electron chi connectivity index (χ0n) is 17.5. The van der Waals surface area contributed by atoms with Gasteiger partial charge in [0.05, 0.1) is 23.7 Å². The number of hydrogen-bond donors (Lipinski definition) is 1. The molecule has 1 unspecified atom stereocenters. The van der Waals surface area contributed by atoms with E-state index in [9.17, 15) is 32.7 Å². The largest absolute Gasteiger partial charge is 0.573 e. The minimum absolute atomic E-state index is 0.211. The summed E-state index contributed by atoms with van der Waals surface area (Å²) >= 11 is 0. The molecule has 0 fully saturated rings. The molecule has 2 aromatic rings. The van der Waals surface area contributed by atoms with Crippen molar-refractivity contribution in [3.63, 3.8) is 0 Å². The van der Waals surface area contributed by atoms with E-state index < -0.39 is 41.6 Å². The minimum atomic E-state index is -4.88. The van der Waals surface area contributed by atoms with Crippen LogP contribution in [0.15, 0.2) is 48.5 Å². The number of hydrogen-bond acceptors (Lipinski definition) is 4. The first kappa shape index (κ1) is 23.1. The predicted molar refractivity (Wildman–Crippen MR) is 107 cm³/mol. The van der Waals surface area contributed by atoms with Gasteiger partial charge in [-0.05, 0) is 50.6 Å². The van der Waals surface area contributed by atoms with Crippen molar-refractivity contribution < 1.29 is 37.4 Å². The van der Waals surface area contributed by atoms with Crippen LogP contribution in [0, 0.1) is 0 Å². The predicted octanol–water partition coefficient (Wildman–Crippen LogP) is 4.70. The van der Waals surface area contributed by atoms with Gasteiger partial charge < -0.3 is 9.84 Å². The third-order valence-corrected chi connectivity index (χ3v) is 4.97. The molecule has 32 heavy (non-hydrogen) atoms. The molecule has 1 heterocycles. The molecule has 3 amide bonds. The highest BCUT2D eigenvalue weighted by molar-refractivity contribution is 6.21. The van der Waals surface area contributed by atoms with Gasteiger partial charge in [0.25, 0.3) is 11.8 Å². The highest BCUT2D eigenvalue weighted by Gasteiger charge is 2.41. The van der Waals surface area contributed by atoms with Crippen LogP contribution in [0.3, 0.4) is 0 Å². The molecule has 0 bridgehead atoms. The summed E-state index contributed by atoms with van der Waals surface area (Å²) in [6.45, 7) is 4.60. The number of carbonyl (C=O) groups excluding carboxylic acids is 2. The number of amides is 3. The first-order valence-electron chi connectivity index (χ1n) is 9.63. The van der Waals surface area contributed by atoms with E-state index in [0.717, 1.165) is 21.9 Å². The lowest BCUT2D eigenvalue weighted by Gasteiger charge is -2.41. The van der Waals surface area contributed by atoms with Crippen molar-refractivity contribution in [2.45, 2.75) is 38.7 Å². The van der Waals surface area contributed by atoms with Gasteiger partial charge >= 0.3 is 12.5 Å². The van der Waals surface area contributed by atoms with Crippen molar-refractivity contribution in [2.75, 3.05) is 6.54 Å². The van der Waals surface area contributed by atoms with E-state index >= 15 is 0 Å². The zero-order valence-corrected chi connectivity index (χ0v) is 17.5. The highest BCUT2D eigenvalue weighted by Crippen LogP contribution is 2.34. The Kier molecular flexibility index (Phi) is 5.90. The van der Waals surface area contributed by atoms with E-state index in [-0.39, 0.29) is 17.7 Å². The SMILES string of the molecule is CC(C)(C)N(C(=O)O)C(CN1C(=O)c2ccccc2C1=O)c1ccc(OC(F)(F)F)cc1. The van der Waals surface area contributed by atoms with E-state index in [1.807, 2.05) is 0 Å². The van der Waals surface area contributed by atoms with Gasteiger partial charge in [0.15, 0.2) is 0 Å². The van der Waals surface area contributed by atoms with Crippen LogP contribution in [-0.2, 0) is 0 Å². The van der Waals surface area contributed by atoms with Crippen LogP contribution in [0.4, 0.5) is 18.0 Å². The van der Waals surface area contributed by atoms with Gasteiger partial charge in [-0.3, -0.25) is 19.4 Å². The number of halogens is 3. The van der Waals surface area contributed by atoms with Crippen LogP contribution in [0.2, 0.25) is 0 Å². The summed E-state index contributed by atoms with van der Waals surface area (Å²) in [6.07, 6.45) is -6.19. The second-order valence-corrected chi connectivity index (χ2v) is 8.22. The number of benzene rings is 2. The van der Waals surface area contributed by atoms with Crippen molar-refractivity contribution >= 4 is 17.9 Å². The lowest BCUT2D eigenvalue weighted by Crippen LogP contribution is -2.51. The van der Waals surface area contributed by atoms with Crippen molar-refractivity contribution in [3.8, 4) is 5.75 Å². The molecule has 2 aromatic carbocycles. The molecular formula is C22H21F3N2O5. The topological polar surface area (TPSA) is 87.2 Å². The maximum absolute atomic E-state index is 12.8. The van der Waals surface area contributed by atoms with Gasteiger partial charge in [-0.15, -0.1) is 13.2 Å². The molecule has 7 nitrogen and oxygen atoms in total. The van der Waals surface area contributed by atoms with Gasteiger partial charge in [-0.1, -0.05) is 24.3 Å². The smallest absolute Gasteiger partial charge is 0.465 e. The Morgan fingerprint density at radius 3 is 1.91 bits per heavy atom. The zero-order chi connectivity index (χ0) is 23.8. The number of rotatable bonds is 5. The van der Waals surface area contributed by atoms with Gasteiger partial charge in [0, 0.05) is 5.54 Å². The third-order valence-electron chi connectivity index (χ3n) is 4.97. The quantitative estimate of drug-likeness (QED) is 0.668. The molecule has 3 rings (SSSR count). The molecule has 1 aliphatic heterocycles. The van der Waals surface area contributed by atoms with E-state index in [4.69, 9.17) is 0 Å². The number of alkyl halides is 3. The highest BCUT2D eigenvalue weighted by atomic mass is 19.4. The van der Waals surface area contributed by atoms with Crippen LogP contribution in [0.1, 0.15) is 53.1 Å². The van der Waals surface area contributed by atoms with Crippen molar-refractivity contribution in [1.82, 2.24) is 9.80 Å². The molecule has 1 N–H and O–H groups in total. The second-order valence-electron chi connectivity index (χ2n) is 8.22. The standard InChI is InChI=1S/C22H21F3N2O5/c1-21(2,3)27(20(30)31)17(13-8-10-14(11-9-13)32-22(23,24)25)12-26-18(28)15-6-4-5-7-16(15)19(26)29/h4-11,17H,12H2,1-3H3,(H,30,31). The van der Waals surface area contributed by atoms with Crippen molar-refractivity contribution in [3.05, 3.63) is 65.2 Å². The molecule has 170 valence electrons. The van der Waals surface area contributed by atoms with Crippen LogP contribution >= 0.6 is 0 Å². The molecule has 0 aromatic heterocycles. The first-order valence-corrected chi connectivity index (χ1v) is 9.63. The molecule has 0 saturated carbocycles. The average Bonchev–Trinajstić information content (AvgIpc) is 2.91. The average molecular weight is 450 g/mol. The van der Waals surface area contributed by atoms with Gasteiger partial charge in [0.2, 0.25) is 0 Å². The van der Waals surface area contributed by atoms with Gasteiger partial charge in [-0.2, -0.15) is 0 Å². The Hall–Kier alpha value is -3.56. The number of ether oxygens (including phenoxy) is 1. The molecule has 1 aliphatic rings. The molecule has 10 heteroatoms. The second kappa shape index (κ2) is 8.18. The molecule has 0 aliphatic carbocycles. The first-order chi connectivity index (χ1) is 14.8. The fourth-order valence-corrected chi connectivity index (χ4v) is 3.69. The third kappa shape index (κ3) is 4.68. The maximum atomic E-state index is 12.8. The van der Waals surface area contributed by atoms with Crippen molar-refractivity contribution in [1.29, 1.82) is 0 Å². The summed E-state index contributed by atoms with van der Waals surface area (Å²) < 4.78 is 41.3. The fraction of sp³-hybridized carbons (Fsp3) is 0.318. The van der Waals surface area contributed by atoms with Crippen molar-refractivity contribution in [2.24, 2.45) is 0 Å². The Balaban J connectivity index is 2.00. The summed E-state index contributed by atoms with van der Waals surface area (Å²) in [5.41, 5.74) is -0.227. The Morgan fingerprint density at radius 2 is 1.50 bits per heavy atom. The lowest BCUT2D eigenvalue weighted by atomic mass is 9.97. The van der Waals surface area contributed by atoms with Crippen LogP contribution in [0.25, 0.3) is 0 Å². The summed E-state index contributed by atoms with van der Waals surface area (Å²) in [5, 5.41) is 9.89. The number of nitrogens with zero attached hydrogens (tertiary/aromatic N) is 2. The Bertz CT molecular complexity index is 1010. The number of carboxylic acid groups (broad SMARTS) is 1. The number of fused-ring (bicyclic) bond motifs is 1. The summed E-state index contributed by atoms with van der Waals surface area (Å²) in [4.78, 5) is 39.8.